The number of nitrogens with zero attached hydrogens (tertiary/aromatic N) is 1. The summed E-state index contributed by atoms with van der Waals surface area (Å²) in [6, 6.07) is 9.48. The largest absolute Gasteiger partial charge is 0.507 e. The van der Waals surface area contributed by atoms with E-state index in [1.807, 2.05) is 33.8 Å². The van der Waals surface area contributed by atoms with Gasteiger partial charge in [-0.25, -0.2) is 5.26 Å². The highest BCUT2D eigenvalue weighted by atomic mass is 32.2. The van der Waals surface area contributed by atoms with Crippen LogP contribution in [0.15, 0.2) is 74.2 Å². The van der Waals surface area contributed by atoms with Gasteiger partial charge in [-0.15, -0.1) is 4.33 Å². The van der Waals surface area contributed by atoms with Crippen molar-refractivity contribution in [3.63, 3.8) is 0 Å². The third kappa shape index (κ3) is 4.27. The van der Waals surface area contributed by atoms with Crippen LogP contribution >= 0.6 is 12.0 Å². The summed E-state index contributed by atoms with van der Waals surface area (Å²) in [5, 5.41) is 26.3. The van der Waals surface area contributed by atoms with Gasteiger partial charge in [0, 0.05) is 39.4 Å². The number of aliphatic imine (C=N–C) groups is 1. The summed E-state index contributed by atoms with van der Waals surface area (Å²) in [5.41, 5.74) is 2.99. The summed E-state index contributed by atoms with van der Waals surface area (Å²) in [6.07, 6.45) is 1.84. The molecule has 2 heterocycles. The Bertz CT molecular complexity index is 1570. The molecule has 12 heteroatoms. The molecule has 200 valence electrons. The first-order chi connectivity index (χ1) is 17.7. The highest BCUT2D eigenvalue weighted by molar-refractivity contribution is 7.94. The first-order valence-corrected chi connectivity index (χ1v) is 13.9. The lowest BCUT2D eigenvalue weighted by Crippen LogP contribution is -2.37. The van der Waals surface area contributed by atoms with Gasteiger partial charge >= 0.3 is 0 Å². The van der Waals surface area contributed by atoms with Gasteiger partial charge in [0.1, 0.15) is 5.76 Å². The molecule has 0 saturated carbocycles. The van der Waals surface area contributed by atoms with Gasteiger partial charge in [-0.2, -0.15) is 8.42 Å². The number of rotatable bonds is 7. The van der Waals surface area contributed by atoms with Crippen LogP contribution in [-0.4, -0.2) is 40.9 Å². The maximum absolute atomic E-state index is 13.1. The molecule has 0 fully saturated rings. The van der Waals surface area contributed by atoms with Crippen molar-refractivity contribution in [2.24, 2.45) is 4.99 Å². The van der Waals surface area contributed by atoms with Crippen LogP contribution in [0.5, 0.6) is 0 Å². The zero-order chi connectivity index (χ0) is 27.6. The molecule has 2 aromatic carbocycles. The number of Topliss-reactive ketones (excluding diaryl/α,β-unsaturated/α-hetero) is 1. The van der Waals surface area contributed by atoms with Crippen LogP contribution in [0.3, 0.4) is 0 Å². The summed E-state index contributed by atoms with van der Waals surface area (Å²) in [7, 11) is -4.35. The number of carbonyl (C=O) groups is 1. The highest BCUT2D eigenvalue weighted by Gasteiger charge is 2.45. The number of aliphatic hydroxyl groups excluding tert-OH is 1. The predicted molar refractivity (Wildman–Crippen MR) is 141 cm³/mol. The van der Waals surface area contributed by atoms with Crippen molar-refractivity contribution in [3.05, 3.63) is 70.5 Å². The van der Waals surface area contributed by atoms with Gasteiger partial charge in [0.05, 0.1) is 33.9 Å². The molecule has 2 aliphatic heterocycles. The monoisotopic (exact) mass is 558 g/mol. The molecule has 3 aliphatic rings. The van der Waals surface area contributed by atoms with Gasteiger partial charge in [0.25, 0.3) is 10.1 Å². The average Bonchev–Trinajstić information content (AvgIpc) is 3.26. The minimum absolute atomic E-state index is 0.0821. The van der Waals surface area contributed by atoms with E-state index in [0.717, 1.165) is 23.3 Å². The molecule has 0 unspecified atom stereocenters. The first-order valence-electron chi connectivity index (χ1n) is 11.7. The van der Waals surface area contributed by atoms with Gasteiger partial charge in [-0.1, -0.05) is 32.7 Å². The molecule has 0 radical (unpaired) electrons. The number of benzene rings is 2. The Labute approximate surface area is 223 Å². The number of anilines is 1. The van der Waals surface area contributed by atoms with E-state index < -0.39 is 20.9 Å². The van der Waals surface area contributed by atoms with Crippen LogP contribution in [0.4, 0.5) is 11.4 Å². The number of fused-ring (bicyclic) bond motifs is 2. The van der Waals surface area contributed by atoms with Crippen LogP contribution in [0.2, 0.25) is 0 Å². The number of hydrogen-bond acceptors (Lipinski definition) is 10. The molecular formula is C26H26N2O8S2. The lowest BCUT2D eigenvalue weighted by molar-refractivity contribution is -0.432. The Morgan fingerprint density at radius 1 is 1.13 bits per heavy atom. The van der Waals surface area contributed by atoms with Crippen molar-refractivity contribution in [1.82, 2.24) is 0 Å². The fourth-order valence-electron chi connectivity index (χ4n) is 5.19. The Balaban J connectivity index is 1.38. The molecule has 0 spiro atoms. The molecule has 5 rings (SSSR count). The molecule has 4 N–H and O–H groups in total. The minimum Gasteiger partial charge on any atom is -0.507 e. The van der Waals surface area contributed by atoms with Crippen LogP contribution in [-0.2, 0) is 35.1 Å². The zero-order valence-corrected chi connectivity index (χ0v) is 22.6. The van der Waals surface area contributed by atoms with E-state index in [2.05, 4.69) is 19.7 Å². The maximum atomic E-state index is 13.1. The summed E-state index contributed by atoms with van der Waals surface area (Å²) in [6.45, 7) is 7.75. The van der Waals surface area contributed by atoms with E-state index in [4.69, 9.17) is 5.26 Å². The predicted octanol–water partition coefficient (Wildman–Crippen LogP) is 5.21. The van der Waals surface area contributed by atoms with Crippen molar-refractivity contribution >= 4 is 45.0 Å². The topological polar surface area (TPSA) is 155 Å². The van der Waals surface area contributed by atoms with E-state index in [1.165, 1.54) is 12.1 Å². The van der Waals surface area contributed by atoms with E-state index in [9.17, 15) is 22.9 Å². The molecule has 0 aromatic heterocycles. The van der Waals surface area contributed by atoms with E-state index >= 15 is 0 Å². The van der Waals surface area contributed by atoms with Crippen molar-refractivity contribution in [2.45, 2.75) is 60.8 Å². The molecule has 1 atom stereocenters. The lowest BCUT2D eigenvalue weighted by atomic mass is 9.74. The zero-order valence-electron chi connectivity index (χ0n) is 21.0. The van der Waals surface area contributed by atoms with Crippen molar-refractivity contribution < 1.29 is 37.5 Å². The van der Waals surface area contributed by atoms with Crippen molar-refractivity contribution in [2.75, 3.05) is 5.32 Å². The molecule has 0 bridgehead atoms. The van der Waals surface area contributed by atoms with Crippen molar-refractivity contribution in [3.8, 4) is 0 Å². The number of ketones is 1. The third-order valence-electron chi connectivity index (χ3n) is 7.62. The van der Waals surface area contributed by atoms with Crippen molar-refractivity contribution in [1.29, 1.82) is 0 Å². The standard InChI is InChI=1S/C26H26N2O8S2/c1-25(2)17-9-13(37-36-35-31)5-7-19(17)27-21(25)11-15-23(29)16(24(15)30)12-22-26(3,4)18-10-14(38(32,33)34)6-8-20(18)28-22/h5-11,22,28-29,31H,12H2,1-4H3,(H,32,33,34)/b15-11-/t22-/m0/s1. The molecule has 0 amide bonds. The minimum atomic E-state index is -4.35. The number of allylic oxidation sites excluding steroid dienone is 2. The van der Waals surface area contributed by atoms with Gasteiger partial charge in [-0.3, -0.25) is 14.3 Å². The fraction of sp³-hybridized carbons (Fsp3) is 0.308. The Morgan fingerprint density at radius 2 is 1.87 bits per heavy atom. The Kier molecular flexibility index (Phi) is 6.33. The normalized spacial score (nSPS) is 22.2. The first kappa shape index (κ1) is 26.6. The maximum Gasteiger partial charge on any atom is 0.294 e. The summed E-state index contributed by atoms with van der Waals surface area (Å²) in [4.78, 5) is 18.3. The lowest BCUT2D eigenvalue weighted by Gasteiger charge is -2.31. The molecule has 2 aromatic rings. The van der Waals surface area contributed by atoms with Gasteiger partial charge in [0.2, 0.25) is 0 Å². The quantitative estimate of drug-likeness (QED) is 0.117. The highest BCUT2D eigenvalue weighted by Crippen LogP contribution is 2.47. The van der Waals surface area contributed by atoms with E-state index in [0.29, 0.717) is 27.4 Å². The van der Waals surface area contributed by atoms with Crippen LogP contribution in [0.25, 0.3) is 0 Å². The Hall–Kier alpha value is -3.00. The smallest absolute Gasteiger partial charge is 0.294 e. The second-order valence-corrected chi connectivity index (χ2v) is 12.7. The molecule has 0 saturated heterocycles. The summed E-state index contributed by atoms with van der Waals surface area (Å²) in [5.74, 6) is -0.352. The summed E-state index contributed by atoms with van der Waals surface area (Å²) < 4.78 is 37.2. The van der Waals surface area contributed by atoms with Gasteiger partial charge in [-0.05, 0) is 53.6 Å². The van der Waals surface area contributed by atoms with Gasteiger partial charge < -0.3 is 10.4 Å². The molecule has 1 aliphatic carbocycles. The number of carbonyl (C=O) groups excluding carboxylic acids is 1. The average molecular weight is 559 g/mol. The fourth-order valence-corrected chi connectivity index (χ4v) is 6.09. The number of aliphatic hydroxyl groups is 1. The number of hydrogen-bond donors (Lipinski definition) is 4. The third-order valence-corrected chi connectivity index (χ3v) is 9.04. The second kappa shape index (κ2) is 9.04. The molecular weight excluding hydrogens is 532 g/mol. The van der Waals surface area contributed by atoms with Crippen LogP contribution in [0.1, 0.15) is 45.2 Å². The van der Waals surface area contributed by atoms with E-state index in [-0.39, 0.29) is 34.5 Å². The summed E-state index contributed by atoms with van der Waals surface area (Å²) >= 11 is 0.843. The SMILES string of the molecule is CC1(C)C(/C=C2\C(=O)C(C[C@@H]3Nc4ccc(S(=O)(=O)O)cc4C3(C)C)=C2O)=Nc2ccc(SOOO)cc21. The van der Waals surface area contributed by atoms with Crippen LogP contribution in [0, 0.1) is 0 Å². The molecule has 38 heavy (non-hydrogen) atoms. The Morgan fingerprint density at radius 3 is 2.53 bits per heavy atom. The molecule has 10 nitrogen and oxygen atoms in total. The van der Waals surface area contributed by atoms with E-state index in [1.54, 1.807) is 24.3 Å². The number of nitrogens with one attached hydrogen (secondary N) is 1. The van der Waals surface area contributed by atoms with Gasteiger partial charge in [0.15, 0.2) is 5.78 Å². The van der Waals surface area contributed by atoms with Crippen LogP contribution < -0.4 is 5.32 Å². The second-order valence-electron chi connectivity index (χ2n) is 10.5.